The molecular weight excluding hydrogens is 389 g/mol. The summed E-state index contributed by atoms with van der Waals surface area (Å²) in [6, 6.07) is 13.2. The van der Waals surface area contributed by atoms with Gasteiger partial charge in [-0.1, -0.05) is 30.2 Å². The average molecular weight is 409 g/mol. The fourth-order valence-electron chi connectivity index (χ4n) is 2.77. The summed E-state index contributed by atoms with van der Waals surface area (Å²) in [6.07, 6.45) is 0.841. The number of anilines is 1. The van der Waals surface area contributed by atoms with E-state index in [-0.39, 0.29) is 42.7 Å². The van der Waals surface area contributed by atoms with Gasteiger partial charge in [0.05, 0.1) is 18.2 Å². The molecule has 0 aliphatic rings. The summed E-state index contributed by atoms with van der Waals surface area (Å²) in [4.78, 5) is 14.1. The Morgan fingerprint density at radius 2 is 2.10 bits per heavy atom. The van der Waals surface area contributed by atoms with Crippen molar-refractivity contribution in [1.82, 2.24) is 15.1 Å². The molecule has 0 bridgehead atoms. The predicted octanol–water partition coefficient (Wildman–Crippen LogP) is 2.83. The third-order valence-electron chi connectivity index (χ3n) is 4.37. The van der Waals surface area contributed by atoms with Gasteiger partial charge in [0.25, 0.3) is 5.91 Å². The number of nitrogens with two attached hydrogens (primary N) is 1. The first-order valence-electron chi connectivity index (χ1n) is 9.24. The van der Waals surface area contributed by atoms with Gasteiger partial charge in [-0.25, -0.2) is 4.39 Å². The average Bonchev–Trinajstić information content (AvgIpc) is 3.17. The molecule has 0 saturated carbocycles. The van der Waals surface area contributed by atoms with E-state index in [4.69, 9.17) is 20.1 Å². The lowest BCUT2D eigenvalue weighted by atomic mass is 10.1. The van der Waals surface area contributed by atoms with Crippen LogP contribution in [0.1, 0.15) is 29.5 Å². The van der Waals surface area contributed by atoms with Gasteiger partial charge in [0, 0.05) is 12.1 Å². The molecule has 0 aliphatic carbocycles. The molecule has 1 heterocycles. The Morgan fingerprint density at radius 1 is 1.27 bits per heavy atom. The topological polar surface area (TPSA) is 118 Å². The second kappa shape index (κ2) is 9.52. The van der Waals surface area contributed by atoms with Crippen LogP contribution in [-0.4, -0.2) is 27.6 Å². The molecule has 0 aliphatic heterocycles. The van der Waals surface area contributed by atoms with Crippen LogP contribution >= 0.6 is 0 Å². The molecule has 154 valence electrons. The van der Waals surface area contributed by atoms with Gasteiger partial charge in [-0.05, 0) is 36.2 Å². The molecule has 0 spiro atoms. The summed E-state index contributed by atoms with van der Waals surface area (Å²) in [5.74, 6) is -0.317. The van der Waals surface area contributed by atoms with Crippen molar-refractivity contribution in [2.24, 2.45) is 0 Å². The molecule has 0 saturated heterocycles. The third kappa shape index (κ3) is 5.32. The van der Waals surface area contributed by atoms with E-state index in [0.29, 0.717) is 5.75 Å². The molecular formula is C21H20FN5O3. The first-order chi connectivity index (χ1) is 14.5. The zero-order valence-corrected chi connectivity index (χ0v) is 16.3. The number of carbonyl (C=O) groups excluding carboxylic acids is 1. The van der Waals surface area contributed by atoms with Gasteiger partial charge in [0.1, 0.15) is 11.6 Å². The molecule has 2 N–H and O–H groups in total. The minimum absolute atomic E-state index is 0.0686. The Morgan fingerprint density at radius 3 is 2.77 bits per heavy atom. The number of ether oxygens (including phenoxy) is 1. The van der Waals surface area contributed by atoms with Crippen LogP contribution in [0, 0.1) is 17.1 Å². The first kappa shape index (κ1) is 20.8. The van der Waals surface area contributed by atoms with E-state index in [1.807, 2.05) is 31.2 Å². The van der Waals surface area contributed by atoms with Crippen LogP contribution in [0.25, 0.3) is 0 Å². The highest BCUT2D eigenvalue weighted by molar-refractivity contribution is 5.77. The molecule has 9 heteroatoms. The molecule has 1 aromatic heterocycles. The Labute approximate surface area is 172 Å². The van der Waals surface area contributed by atoms with E-state index in [1.54, 1.807) is 6.07 Å². The van der Waals surface area contributed by atoms with Crippen LogP contribution in [0.2, 0.25) is 0 Å². The van der Waals surface area contributed by atoms with Crippen LogP contribution in [0.5, 0.6) is 5.75 Å². The lowest BCUT2D eigenvalue weighted by Gasteiger charge is -2.21. The van der Waals surface area contributed by atoms with Crippen molar-refractivity contribution in [2.45, 2.75) is 26.4 Å². The second-order valence-corrected chi connectivity index (χ2v) is 6.49. The molecule has 30 heavy (non-hydrogen) atoms. The number of aryl methyl sites for hydroxylation is 1. The number of hydrogen-bond donors (Lipinski definition) is 1. The lowest BCUT2D eigenvalue weighted by Crippen LogP contribution is -2.34. The summed E-state index contributed by atoms with van der Waals surface area (Å²) >= 11 is 0. The van der Waals surface area contributed by atoms with Crippen molar-refractivity contribution in [3.63, 3.8) is 0 Å². The SMILES string of the molecule is CCc1cccc(OCC(=O)N(Cc2nnc(N)o2)Cc2ccc(C#N)cc2F)c1. The molecule has 0 atom stereocenters. The highest BCUT2D eigenvalue weighted by Gasteiger charge is 2.20. The molecule has 0 unspecified atom stereocenters. The van der Waals surface area contributed by atoms with Crippen LogP contribution in [0.15, 0.2) is 46.9 Å². The number of aromatic nitrogens is 2. The molecule has 2 aromatic carbocycles. The summed E-state index contributed by atoms with van der Waals surface area (Å²) in [7, 11) is 0. The zero-order valence-electron chi connectivity index (χ0n) is 16.3. The Bertz CT molecular complexity index is 1080. The summed E-state index contributed by atoms with van der Waals surface area (Å²) < 4.78 is 25.1. The van der Waals surface area contributed by atoms with E-state index < -0.39 is 11.7 Å². The Kier molecular flexibility index (Phi) is 6.60. The maximum absolute atomic E-state index is 14.3. The summed E-state index contributed by atoms with van der Waals surface area (Å²) in [6.45, 7) is 1.63. The number of nitrogen functional groups attached to an aromatic ring is 1. The second-order valence-electron chi connectivity index (χ2n) is 6.49. The monoisotopic (exact) mass is 409 g/mol. The Hall–Kier alpha value is -3.93. The largest absolute Gasteiger partial charge is 0.484 e. The summed E-state index contributed by atoms with van der Waals surface area (Å²) in [5, 5.41) is 16.2. The van der Waals surface area contributed by atoms with Gasteiger partial charge in [-0.15, -0.1) is 5.10 Å². The van der Waals surface area contributed by atoms with E-state index in [9.17, 15) is 9.18 Å². The first-order valence-corrected chi connectivity index (χ1v) is 9.24. The van der Waals surface area contributed by atoms with Crippen molar-refractivity contribution in [3.05, 3.63) is 70.9 Å². The van der Waals surface area contributed by atoms with Crippen molar-refractivity contribution < 1.29 is 18.3 Å². The van der Waals surface area contributed by atoms with Gasteiger partial charge in [0.2, 0.25) is 5.89 Å². The zero-order chi connectivity index (χ0) is 21.5. The van der Waals surface area contributed by atoms with Crippen LogP contribution in [-0.2, 0) is 24.3 Å². The minimum atomic E-state index is -0.589. The van der Waals surface area contributed by atoms with Gasteiger partial charge in [-0.2, -0.15) is 5.26 Å². The number of amides is 1. The van der Waals surface area contributed by atoms with Gasteiger partial charge >= 0.3 is 6.01 Å². The van der Waals surface area contributed by atoms with Crippen molar-refractivity contribution in [2.75, 3.05) is 12.3 Å². The normalized spacial score (nSPS) is 10.4. The molecule has 1 amide bonds. The quantitative estimate of drug-likeness (QED) is 0.608. The van der Waals surface area contributed by atoms with Crippen molar-refractivity contribution in [3.8, 4) is 11.8 Å². The van der Waals surface area contributed by atoms with E-state index >= 15 is 0 Å². The van der Waals surface area contributed by atoms with E-state index in [0.717, 1.165) is 18.1 Å². The van der Waals surface area contributed by atoms with Crippen molar-refractivity contribution >= 4 is 11.9 Å². The van der Waals surface area contributed by atoms with Gasteiger partial charge < -0.3 is 19.8 Å². The molecule has 0 radical (unpaired) electrons. The Balaban J connectivity index is 1.76. The number of nitrogens with zero attached hydrogens (tertiary/aromatic N) is 4. The van der Waals surface area contributed by atoms with Gasteiger partial charge in [-0.3, -0.25) is 4.79 Å². The number of rotatable bonds is 8. The molecule has 8 nitrogen and oxygen atoms in total. The smallest absolute Gasteiger partial charge is 0.312 e. The van der Waals surface area contributed by atoms with Crippen LogP contribution in [0.3, 0.4) is 0 Å². The number of hydrogen-bond acceptors (Lipinski definition) is 7. The van der Waals surface area contributed by atoms with E-state index in [2.05, 4.69) is 10.2 Å². The highest BCUT2D eigenvalue weighted by Crippen LogP contribution is 2.17. The fourth-order valence-corrected chi connectivity index (χ4v) is 2.77. The van der Waals surface area contributed by atoms with Crippen molar-refractivity contribution in [1.29, 1.82) is 5.26 Å². The molecule has 0 fully saturated rings. The standard InChI is InChI=1S/C21H20FN5O3/c1-2-14-4-3-5-17(8-14)29-13-20(28)27(12-19-25-26-21(24)30-19)11-16-7-6-15(10-23)9-18(16)22/h3-9H,2,11-13H2,1H3,(H2,24,26). The number of halogens is 1. The van der Waals surface area contributed by atoms with Gasteiger partial charge in [0.15, 0.2) is 6.61 Å². The highest BCUT2D eigenvalue weighted by atomic mass is 19.1. The predicted molar refractivity (Wildman–Crippen MR) is 105 cm³/mol. The van der Waals surface area contributed by atoms with Crippen LogP contribution in [0.4, 0.5) is 10.4 Å². The number of carbonyl (C=O) groups is 1. The number of benzene rings is 2. The minimum Gasteiger partial charge on any atom is -0.484 e. The summed E-state index contributed by atoms with van der Waals surface area (Å²) in [5.41, 5.74) is 6.95. The maximum atomic E-state index is 14.3. The molecule has 3 aromatic rings. The third-order valence-corrected chi connectivity index (χ3v) is 4.37. The van der Waals surface area contributed by atoms with Crippen LogP contribution < -0.4 is 10.5 Å². The molecule has 3 rings (SSSR count). The number of nitriles is 1. The lowest BCUT2D eigenvalue weighted by molar-refractivity contribution is -0.135. The fraction of sp³-hybridized carbons (Fsp3) is 0.238. The maximum Gasteiger partial charge on any atom is 0.312 e. The van der Waals surface area contributed by atoms with E-state index in [1.165, 1.54) is 17.0 Å².